The number of hydrogen-bond acceptors (Lipinski definition) is 7. The fraction of sp³-hybridized carbons (Fsp3) is 0.750. The van der Waals surface area contributed by atoms with Crippen LogP contribution < -0.4 is 5.32 Å². The van der Waals surface area contributed by atoms with Crippen LogP contribution in [0.5, 0.6) is 0 Å². The van der Waals surface area contributed by atoms with Crippen molar-refractivity contribution in [1.29, 1.82) is 0 Å². The van der Waals surface area contributed by atoms with Gasteiger partial charge in [0.1, 0.15) is 18.8 Å². The summed E-state index contributed by atoms with van der Waals surface area (Å²) in [6.45, 7) is -1.27. The molecule has 0 fully saturated rings. The zero-order valence-electron chi connectivity index (χ0n) is 8.66. The lowest BCUT2D eigenvalue weighted by molar-refractivity contribution is -0.147. The van der Waals surface area contributed by atoms with Crippen LogP contribution in [0.2, 0.25) is 0 Å². The third-order valence-electron chi connectivity index (χ3n) is 1.81. The van der Waals surface area contributed by atoms with Crippen molar-refractivity contribution >= 4 is 11.9 Å². The summed E-state index contributed by atoms with van der Waals surface area (Å²) >= 11 is 0. The van der Waals surface area contributed by atoms with Gasteiger partial charge >= 0.3 is 5.97 Å². The standard InChI is InChI=1S/C8H15NO7/c1-16-5(12)2-9-8(15)7(14)6(13)4(11)3-10/h4,6-7,10-11,13-14H,2-3H2,1H3,(H,9,15)/t4-,6-,7+/m1/s1. The highest BCUT2D eigenvalue weighted by Crippen LogP contribution is 1.99. The summed E-state index contributed by atoms with van der Waals surface area (Å²) in [6, 6.07) is 0. The minimum Gasteiger partial charge on any atom is -0.468 e. The van der Waals surface area contributed by atoms with Gasteiger partial charge in [0.05, 0.1) is 13.7 Å². The minimum absolute atomic E-state index is 0.464. The van der Waals surface area contributed by atoms with Crippen LogP contribution in [0.25, 0.3) is 0 Å². The molecule has 1 amide bonds. The van der Waals surface area contributed by atoms with Crippen LogP contribution in [0, 0.1) is 0 Å². The molecule has 8 nitrogen and oxygen atoms in total. The fourth-order valence-corrected chi connectivity index (χ4v) is 0.810. The number of hydrogen-bond donors (Lipinski definition) is 5. The molecule has 0 bridgehead atoms. The van der Waals surface area contributed by atoms with E-state index in [1.807, 2.05) is 5.32 Å². The average Bonchev–Trinajstić information content (AvgIpc) is 2.32. The number of amides is 1. The number of carbonyl (C=O) groups excluding carboxylic acids is 2. The van der Waals surface area contributed by atoms with Gasteiger partial charge in [-0.3, -0.25) is 9.59 Å². The zero-order chi connectivity index (χ0) is 12.7. The molecule has 0 spiro atoms. The first-order chi connectivity index (χ1) is 7.43. The molecule has 94 valence electrons. The first kappa shape index (κ1) is 14.8. The van der Waals surface area contributed by atoms with Crippen molar-refractivity contribution in [2.45, 2.75) is 18.3 Å². The molecule has 5 N–H and O–H groups in total. The first-order valence-electron chi connectivity index (χ1n) is 4.43. The Bertz CT molecular complexity index is 245. The molecule has 16 heavy (non-hydrogen) atoms. The molecule has 0 rings (SSSR count). The number of ether oxygens (including phenoxy) is 1. The largest absolute Gasteiger partial charge is 0.468 e. The summed E-state index contributed by atoms with van der Waals surface area (Å²) in [5.41, 5.74) is 0. The van der Waals surface area contributed by atoms with Crippen LogP contribution in [0.4, 0.5) is 0 Å². The van der Waals surface area contributed by atoms with Crippen LogP contribution in [-0.4, -0.2) is 70.9 Å². The zero-order valence-corrected chi connectivity index (χ0v) is 8.66. The van der Waals surface area contributed by atoms with Crippen LogP contribution >= 0.6 is 0 Å². The molecular weight excluding hydrogens is 222 g/mol. The van der Waals surface area contributed by atoms with Gasteiger partial charge in [0.2, 0.25) is 0 Å². The molecule has 0 aliphatic heterocycles. The Morgan fingerprint density at radius 2 is 1.88 bits per heavy atom. The molecule has 0 unspecified atom stereocenters. The van der Waals surface area contributed by atoms with Gasteiger partial charge in [0.25, 0.3) is 5.91 Å². The van der Waals surface area contributed by atoms with E-state index in [1.165, 1.54) is 0 Å². The highest BCUT2D eigenvalue weighted by molar-refractivity contribution is 5.85. The van der Waals surface area contributed by atoms with Crippen molar-refractivity contribution in [1.82, 2.24) is 5.32 Å². The van der Waals surface area contributed by atoms with Gasteiger partial charge in [0, 0.05) is 0 Å². The summed E-state index contributed by atoms with van der Waals surface area (Å²) in [4.78, 5) is 21.7. The molecule has 0 aromatic carbocycles. The lowest BCUT2D eigenvalue weighted by Gasteiger charge is -2.20. The fourth-order valence-electron chi connectivity index (χ4n) is 0.810. The maximum Gasteiger partial charge on any atom is 0.325 e. The van der Waals surface area contributed by atoms with E-state index in [-0.39, 0.29) is 0 Å². The predicted molar refractivity (Wildman–Crippen MR) is 50.1 cm³/mol. The number of aliphatic hydroxyl groups is 4. The Hall–Kier alpha value is -1.22. The maximum atomic E-state index is 11.1. The number of methoxy groups -OCH3 is 1. The second-order valence-electron chi connectivity index (χ2n) is 2.98. The van der Waals surface area contributed by atoms with E-state index in [0.717, 1.165) is 7.11 Å². The second-order valence-corrected chi connectivity index (χ2v) is 2.98. The maximum absolute atomic E-state index is 11.1. The van der Waals surface area contributed by atoms with E-state index in [9.17, 15) is 14.7 Å². The number of esters is 1. The average molecular weight is 237 g/mol. The van der Waals surface area contributed by atoms with Crippen LogP contribution in [0.3, 0.4) is 0 Å². The lowest BCUT2D eigenvalue weighted by atomic mass is 10.1. The highest BCUT2D eigenvalue weighted by atomic mass is 16.5. The van der Waals surface area contributed by atoms with E-state index in [4.69, 9.17) is 15.3 Å². The van der Waals surface area contributed by atoms with E-state index in [0.29, 0.717) is 0 Å². The molecule has 0 radical (unpaired) electrons. The molecule has 0 aliphatic rings. The molecule has 0 heterocycles. The van der Waals surface area contributed by atoms with Gasteiger partial charge in [0.15, 0.2) is 6.10 Å². The summed E-state index contributed by atoms with van der Waals surface area (Å²) in [6.07, 6.45) is -5.41. The Balaban J connectivity index is 4.12. The predicted octanol–water partition coefficient (Wildman–Crippen LogP) is -3.65. The third kappa shape index (κ3) is 4.53. The van der Waals surface area contributed by atoms with Crippen molar-refractivity contribution in [3.05, 3.63) is 0 Å². The molecule has 3 atom stereocenters. The van der Waals surface area contributed by atoms with Crippen molar-refractivity contribution in [2.75, 3.05) is 20.3 Å². The topological polar surface area (TPSA) is 136 Å². The van der Waals surface area contributed by atoms with E-state index < -0.39 is 43.3 Å². The Morgan fingerprint density at radius 3 is 2.31 bits per heavy atom. The smallest absolute Gasteiger partial charge is 0.325 e. The van der Waals surface area contributed by atoms with Gasteiger partial charge in [-0.25, -0.2) is 0 Å². The molecule has 0 saturated heterocycles. The van der Waals surface area contributed by atoms with Gasteiger partial charge < -0.3 is 30.5 Å². The summed E-state index contributed by atoms with van der Waals surface area (Å²) in [5, 5.41) is 37.7. The lowest BCUT2D eigenvalue weighted by Crippen LogP contribution is -2.49. The first-order valence-corrected chi connectivity index (χ1v) is 4.43. The Morgan fingerprint density at radius 1 is 1.31 bits per heavy atom. The Labute approximate surface area is 91.5 Å². The molecule has 0 aromatic heterocycles. The molecule has 0 aliphatic carbocycles. The SMILES string of the molecule is COC(=O)CNC(=O)[C@@H](O)[C@H](O)[C@H](O)CO. The van der Waals surface area contributed by atoms with Crippen molar-refractivity contribution in [3.8, 4) is 0 Å². The number of carbonyl (C=O) groups is 2. The molecular formula is C8H15NO7. The molecule has 8 heteroatoms. The highest BCUT2D eigenvalue weighted by Gasteiger charge is 2.29. The van der Waals surface area contributed by atoms with Crippen molar-refractivity contribution in [3.63, 3.8) is 0 Å². The summed E-state index contributed by atoms with van der Waals surface area (Å²) in [5.74, 6) is -1.77. The van der Waals surface area contributed by atoms with Gasteiger partial charge in [-0.2, -0.15) is 0 Å². The summed E-state index contributed by atoms with van der Waals surface area (Å²) in [7, 11) is 1.12. The van der Waals surface area contributed by atoms with Crippen molar-refractivity contribution in [2.24, 2.45) is 0 Å². The van der Waals surface area contributed by atoms with Crippen LogP contribution in [0.1, 0.15) is 0 Å². The minimum atomic E-state index is -1.94. The third-order valence-corrected chi connectivity index (χ3v) is 1.81. The summed E-state index contributed by atoms with van der Waals surface area (Å²) < 4.78 is 4.22. The van der Waals surface area contributed by atoms with Crippen LogP contribution in [0.15, 0.2) is 0 Å². The normalized spacial score (nSPS) is 16.1. The number of rotatable bonds is 6. The molecule has 0 aromatic rings. The second kappa shape index (κ2) is 7.12. The quantitative estimate of drug-likeness (QED) is 0.300. The number of nitrogens with one attached hydrogen (secondary N) is 1. The van der Waals surface area contributed by atoms with Crippen molar-refractivity contribution < 1.29 is 34.8 Å². The van der Waals surface area contributed by atoms with E-state index in [2.05, 4.69) is 4.74 Å². The van der Waals surface area contributed by atoms with E-state index >= 15 is 0 Å². The van der Waals surface area contributed by atoms with Gasteiger partial charge in [-0.15, -0.1) is 0 Å². The molecule has 0 saturated carbocycles. The van der Waals surface area contributed by atoms with Gasteiger partial charge in [-0.1, -0.05) is 0 Å². The monoisotopic (exact) mass is 237 g/mol. The Kier molecular flexibility index (Phi) is 6.58. The number of aliphatic hydroxyl groups excluding tert-OH is 4. The van der Waals surface area contributed by atoms with Crippen LogP contribution in [-0.2, 0) is 14.3 Å². The van der Waals surface area contributed by atoms with Gasteiger partial charge in [-0.05, 0) is 0 Å². The van der Waals surface area contributed by atoms with E-state index in [1.54, 1.807) is 0 Å².